The largest absolute Gasteiger partial charge is 0.367 e. The Hall–Kier alpha value is -1.27. The summed E-state index contributed by atoms with van der Waals surface area (Å²) in [5, 5.41) is 0.504. The van der Waals surface area contributed by atoms with Crippen molar-refractivity contribution in [1.29, 1.82) is 0 Å². The van der Waals surface area contributed by atoms with E-state index in [-0.39, 0.29) is 16.0 Å². The Bertz CT molecular complexity index is 813. The van der Waals surface area contributed by atoms with Crippen molar-refractivity contribution in [3.63, 3.8) is 0 Å². The third kappa shape index (κ3) is 3.86. The van der Waals surface area contributed by atoms with Gasteiger partial charge in [-0.25, -0.2) is 13.1 Å². The summed E-state index contributed by atoms with van der Waals surface area (Å²) < 4.78 is 27.7. The fourth-order valence-electron chi connectivity index (χ4n) is 2.97. The third-order valence-corrected chi connectivity index (χ3v) is 6.30. The summed E-state index contributed by atoms with van der Waals surface area (Å²) in [5.74, 6) is 0. The van der Waals surface area contributed by atoms with Gasteiger partial charge in [-0.05, 0) is 43.2 Å². The third-order valence-electron chi connectivity index (χ3n) is 4.16. The van der Waals surface area contributed by atoms with Crippen LogP contribution in [0.4, 0.5) is 5.69 Å². The van der Waals surface area contributed by atoms with Crippen LogP contribution in [0.25, 0.3) is 0 Å². The van der Waals surface area contributed by atoms with E-state index in [1.54, 1.807) is 6.07 Å². The summed E-state index contributed by atoms with van der Waals surface area (Å²) in [5.41, 5.74) is 1.11. The highest BCUT2D eigenvalue weighted by molar-refractivity contribution is 7.89. The van der Waals surface area contributed by atoms with Crippen LogP contribution in [0.2, 0.25) is 10.0 Å². The first-order valence-electron chi connectivity index (χ1n) is 7.74. The van der Waals surface area contributed by atoms with Crippen molar-refractivity contribution in [2.75, 3.05) is 18.0 Å². The summed E-state index contributed by atoms with van der Waals surface area (Å²) in [6.07, 6.45) is 1.99. The molecule has 3 rings (SSSR count). The van der Waals surface area contributed by atoms with E-state index in [1.807, 2.05) is 30.3 Å². The first-order valence-corrected chi connectivity index (χ1v) is 9.98. The molecule has 2 aromatic rings. The molecule has 1 aliphatic heterocycles. The Balaban J connectivity index is 1.73. The molecule has 1 saturated heterocycles. The zero-order valence-electron chi connectivity index (χ0n) is 13.0. The molecule has 1 N–H and O–H groups in total. The van der Waals surface area contributed by atoms with Gasteiger partial charge in [0.15, 0.2) is 0 Å². The summed E-state index contributed by atoms with van der Waals surface area (Å²) >= 11 is 11.9. The zero-order valence-corrected chi connectivity index (χ0v) is 15.3. The summed E-state index contributed by atoms with van der Waals surface area (Å²) in [6, 6.07) is 14.6. The lowest BCUT2D eigenvalue weighted by molar-refractivity contribution is 0.567. The highest BCUT2D eigenvalue weighted by Crippen LogP contribution is 2.27. The van der Waals surface area contributed by atoms with Crippen molar-refractivity contribution in [2.24, 2.45) is 0 Å². The molecule has 1 fully saturated rings. The van der Waals surface area contributed by atoms with Crippen LogP contribution in [0.5, 0.6) is 0 Å². The second kappa shape index (κ2) is 7.31. The monoisotopic (exact) mass is 384 g/mol. The minimum absolute atomic E-state index is 0.0147. The van der Waals surface area contributed by atoms with Gasteiger partial charge in [-0.15, -0.1) is 0 Å². The van der Waals surface area contributed by atoms with Crippen LogP contribution in [0.1, 0.15) is 12.8 Å². The molecule has 2 aromatic carbocycles. The number of sulfonamides is 1. The van der Waals surface area contributed by atoms with E-state index in [0.717, 1.165) is 25.1 Å². The van der Waals surface area contributed by atoms with Crippen molar-refractivity contribution < 1.29 is 8.42 Å². The molecule has 1 atom stereocenters. The lowest BCUT2D eigenvalue weighted by atomic mass is 10.2. The lowest BCUT2D eigenvalue weighted by Gasteiger charge is -2.27. The number of hydrogen-bond donors (Lipinski definition) is 1. The number of halogens is 2. The van der Waals surface area contributed by atoms with Crippen molar-refractivity contribution in [3.05, 3.63) is 58.6 Å². The highest BCUT2D eigenvalue weighted by Gasteiger charge is 2.27. The van der Waals surface area contributed by atoms with Crippen molar-refractivity contribution in [2.45, 2.75) is 23.8 Å². The van der Waals surface area contributed by atoms with E-state index in [4.69, 9.17) is 23.2 Å². The maximum atomic E-state index is 12.5. The van der Waals surface area contributed by atoms with E-state index in [2.05, 4.69) is 9.62 Å². The number of para-hydroxylation sites is 1. The summed E-state index contributed by atoms with van der Waals surface area (Å²) in [6.45, 7) is 1.26. The number of benzene rings is 2. The summed E-state index contributed by atoms with van der Waals surface area (Å²) in [4.78, 5) is 2.25. The van der Waals surface area contributed by atoms with Gasteiger partial charge in [-0.2, -0.15) is 0 Å². The molecule has 1 unspecified atom stereocenters. The Labute approximate surface area is 152 Å². The van der Waals surface area contributed by atoms with Crippen LogP contribution in [0.15, 0.2) is 53.4 Å². The van der Waals surface area contributed by atoms with Crippen LogP contribution in [-0.4, -0.2) is 27.5 Å². The molecule has 0 saturated carbocycles. The van der Waals surface area contributed by atoms with E-state index >= 15 is 0 Å². The van der Waals surface area contributed by atoms with Crippen LogP contribution < -0.4 is 9.62 Å². The lowest BCUT2D eigenvalue weighted by Crippen LogP contribution is -2.40. The average molecular weight is 385 g/mol. The van der Waals surface area contributed by atoms with Crippen LogP contribution in [-0.2, 0) is 10.0 Å². The van der Waals surface area contributed by atoms with Gasteiger partial charge in [0.1, 0.15) is 4.90 Å². The zero-order chi connectivity index (χ0) is 17.2. The van der Waals surface area contributed by atoms with Gasteiger partial charge >= 0.3 is 0 Å². The molecule has 4 nitrogen and oxygen atoms in total. The molecule has 0 aliphatic carbocycles. The number of rotatable bonds is 5. The number of anilines is 1. The quantitative estimate of drug-likeness (QED) is 0.848. The van der Waals surface area contributed by atoms with E-state index in [9.17, 15) is 8.42 Å². The summed E-state index contributed by atoms with van der Waals surface area (Å²) in [7, 11) is -3.70. The molecule has 1 heterocycles. The number of hydrogen-bond acceptors (Lipinski definition) is 3. The average Bonchev–Trinajstić information content (AvgIpc) is 3.04. The molecule has 0 radical (unpaired) electrons. The van der Waals surface area contributed by atoms with Crippen LogP contribution in [0.3, 0.4) is 0 Å². The fourth-order valence-corrected chi connectivity index (χ4v) is 4.81. The maximum absolute atomic E-state index is 12.5. The van der Waals surface area contributed by atoms with E-state index in [0.29, 0.717) is 11.6 Å². The molecular formula is C17H18Cl2N2O2S. The van der Waals surface area contributed by atoms with Crippen LogP contribution in [0, 0.1) is 0 Å². The molecule has 0 aromatic heterocycles. The first-order chi connectivity index (χ1) is 11.5. The molecule has 0 spiro atoms. The van der Waals surface area contributed by atoms with Gasteiger partial charge in [-0.1, -0.05) is 41.4 Å². The second-order valence-electron chi connectivity index (χ2n) is 5.75. The Morgan fingerprint density at radius 2 is 1.88 bits per heavy atom. The Morgan fingerprint density at radius 1 is 1.12 bits per heavy atom. The van der Waals surface area contributed by atoms with E-state index < -0.39 is 10.0 Å². The number of nitrogens with one attached hydrogen (secondary N) is 1. The molecule has 0 bridgehead atoms. The smallest absolute Gasteiger partial charge is 0.242 e. The van der Waals surface area contributed by atoms with Gasteiger partial charge in [0.05, 0.1) is 5.02 Å². The first kappa shape index (κ1) is 17.5. The SMILES string of the molecule is O=S(=O)(NCC1CCCN1c1ccccc1)c1cc(Cl)ccc1Cl. The number of nitrogens with zero attached hydrogens (tertiary/aromatic N) is 1. The Kier molecular flexibility index (Phi) is 5.35. The maximum Gasteiger partial charge on any atom is 0.242 e. The second-order valence-corrected chi connectivity index (χ2v) is 8.33. The minimum Gasteiger partial charge on any atom is -0.367 e. The molecule has 24 heavy (non-hydrogen) atoms. The standard InChI is InChI=1S/C17H18Cl2N2O2S/c18-13-8-9-16(19)17(11-13)24(22,23)20-12-15-7-4-10-21(15)14-5-2-1-3-6-14/h1-3,5-6,8-9,11,15,20H,4,7,10,12H2. The van der Waals surface area contributed by atoms with Crippen molar-refractivity contribution in [1.82, 2.24) is 4.72 Å². The molecule has 0 amide bonds. The molecule has 1 aliphatic rings. The predicted molar refractivity (Wildman–Crippen MR) is 98.5 cm³/mol. The van der Waals surface area contributed by atoms with Crippen molar-refractivity contribution >= 4 is 38.9 Å². The normalized spacial score (nSPS) is 18.1. The van der Waals surface area contributed by atoms with Gasteiger partial charge in [0.2, 0.25) is 10.0 Å². The Morgan fingerprint density at radius 3 is 2.62 bits per heavy atom. The van der Waals surface area contributed by atoms with Gasteiger partial charge in [0, 0.05) is 29.8 Å². The highest BCUT2D eigenvalue weighted by atomic mass is 35.5. The minimum atomic E-state index is -3.70. The van der Waals surface area contributed by atoms with Gasteiger partial charge < -0.3 is 4.90 Å². The fraction of sp³-hybridized carbons (Fsp3) is 0.294. The van der Waals surface area contributed by atoms with Crippen molar-refractivity contribution in [3.8, 4) is 0 Å². The van der Waals surface area contributed by atoms with Crippen LogP contribution >= 0.6 is 23.2 Å². The molecular weight excluding hydrogens is 367 g/mol. The van der Waals surface area contributed by atoms with Gasteiger partial charge in [0.25, 0.3) is 0 Å². The molecule has 7 heteroatoms. The molecule has 128 valence electrons. The van der Waals surface area contributed by atoms with Gasteiger partial charge in [-0.3, -0.25) is 0 Å². The van der Waals surface area contributed by atoms with E-state index in [1.165, 1.54) is 12.1 Å². The topological polar surface area (TPSA) is 49.4 Å². The predicted octanol–water partition coefficient (Wildman–Crippen LogP) is 3.94.